The normalized spacial score (nSPS) is 17.4. The minimum Gasteiger partial charge on any atom is -0.496 e. The van der Waals surface area contributed by atoms with E-state index in [0.717, 1.165) is 35.0 Å². The fraction of sp³-hybridized carbons (Fsp3) is 0.571. The molecule has 1 atom stereocenters. The first-order chi connectivity index (χ1) is 8.60. The van der Waals surface area contributed by atoms with E-state index in [0.29, 0.717) is 12.0 Å². The SMILES string of the molecule is CNC(c1c(OC)cc(C)c(Cl)c1C)C1CNC1. The Kier molecular flexibility index (Phi) is 4.15. The van der Waals surface area contributed by atoms with Crippen LogP contribution in [0.1, 0.15) is 22.7 Å². The molecule has 0 bridgehead atoms. The van der Waals surface area contributed by atoms with Gasteiger partial charge in [-0.1, -0.05) is 11.6 Å². The van der Waals surface area contributed by atoms with Gasteiger partial charge in [0, 0.05) is 35.6 Å². The second kappa shape index (κ2) is 5.47. The van der Waals surface area contributed by atoms with Crippen molar-refractivity contribution in [3.05, 3.63) is 27.8 Å². The third kappa shape index (κ3) is 2.22. The number of aryl methyl sites for hydroxylation is 1. The predicted octanol–water partition coefficient (Wildman–Crippen LogP) is 2.45. The Bertz CT molecular complexity index is 444. The molecule has 1 unspecified atom stereocenters. The molecular formula is C14H21ClN2O. The second-order valence-electron chi connectivity index (χ2n) is 4.93. The van der Waals surface area contributed by atoms with Crippen molar-refractivity contribution in [2.24, 2.45) is 5.92 Å². The minimum absolute atomic E-state index is 0.291. The van der Waals surface area contributed by atoms with Gasteiger partial charge >= 0.3 is 0 Å². The van der Waals surface area contributed by atoms with Gasteiger partial charge in [0.2, 0.25) is 0 Å². The summed E-state index contributed by atoms with van der Waals surface area (Å²) in [7, 11) is 3.72. The first-order valence-electron chi connectivity index (χ1n) is 6.31. The van der Waals surface area contributed by atoms with E-state index in [2.05, 4.69) is 17.6 Å². The number of rotatable bonds is 4. The summed E-state index contributed by atoms with van der Waals surface area (Å²) >= 11 is 6.38. The van der Waals surface area contributed by atoms with Gasteiger partial charge in [0.1, 0.15) is 5.75 Å². The van der Waals surface area contributed by atoms with Crippen molar-refractivity contribution < 1.29 is 4.74 Å². The summed E-state index contributed by atoms with van der Waals surface area (Å²) in [6.07, 6.45) is 0. The third-order valence-corrected chi connectivity index (χ3v) is 4.40. The minimum atomic E-state index is 0.291. The smallest absolute Gasteiger partial charge is 0.124 e. The van der Waals surface area contributed by atoms with Crippen molar-refractivity contribution in [1.29, 1.82) is 0 Å². The van der Waals surface area contributed by atoms with Gasteiger partial charge in [-0.2, -0.15) is 0 Å². The van der Waals surface area contributed by atoms with E-state index in [1.54, 1.807) is 7.11 Å². The monoisotopic (exact) mass is 268 g/mol. The topological polar surface area (TPSA) is 33.3 Å². The number of hydrogen-bond donors (Lipinski definition) is 2. The van der Waals surface area contributed by atoms with Gasteiger partial charge in [-0.25, -0.2) is 0 Å². The van der Waals surface area contributed by atoms with Gasteiger partial charge in [-0.15, -0.1) is 0 Å². The van der Waals surface area contributed by atoms with Crippen LogP contribution in [0.25, 0.3) is 0 Å². The first-order valence-corrected chi connectivity index (χ1v) is 6.69. The molecule has 0 radical (unpaired) electrons. The van der Waals surface area contributed by atoms with Crippen LogP contribution in [0.5, 0.6) is 5.75 Å². The summed E-state index contributed by atoms with van der Waals surface area (Å²) in [6, 6.07) is 2.32. The maximum absolute atomic E-state index is 6.38. The van der Waals surface area contributed by atoms with Crippen LogP contribution in [0, 0.1) is 19.8 Å². The molecule has 2 N–H and O–H groups in total. The van der Waals surface area contributed by atoms with Crippen molar-refractivity contribution in [3.63, 3.8) is 0 Å². The van der Waals surface area contributed by atoms with Crippen LogP contribution in [0.15, 0.2) is 6.07 Å². The molecule has 3 nitrogen and oxygen atoms in total. The van der Waals surface area contributed by atoms with Gasteiger partial charge in [-0.05, 0) is 38.1 Å². The molecule has 1 aliphatic heterocycles. The van der Waals surface area contributed by atoms with Crippen molar-refractivity contribution in [2.45, 2.75) is 19.9 Å². The Morgan fingerprint density at radius 1 is 1.44 bits per heavy atom. The zero-order valence-corrected chi connectivity index (χ0v) is 12.2. The first kappa shape index (κ1) is 13.7. The van der Waals surface area contributed by atoms with Crippen LogP contribution in [0.4, 0.5) is 0 Å². The number of nitrogens with one attached hydrogen (secondary N) is 2. The highest BCUT2D eigenvalue weighted by atomic mass is 35.5. The number of benzene rings is 1. The average molecular weight is 269 g/mol. The Morgan fingerprint density at radius 2 is 2.11 bits per heavy atom. The average Bonchev–Trinajstić information content (AvgIpc) is 2.31. The van der Waals surface area contributed by atoms with E-state index in [1.807, 2.05) is 20.0 Å². The summed E-state index contributed by atoms with van der Waals surface area (Å²) in [6.45, 7) is 6.17. The zero-order chi connectivity index (χ0) is 13.3. The molecule has 1 heterocycles. The lowest BCUT2D eigenvalue weighted by Crippen LogP contribution is -2.48. The van der Waals surface area contributed by atoms with E-state index in [9.17, 15) is 0 Å². The van der Waals surface area contributed by atoms with Crippen LogP contribution >= 0.6 is 11.6 Å². The summed E-state index contributed by atoms with van der Waals surface area (Å²) in [5.74, 6) is 1.53. The Hall–Kier alpha value is -0.770. The summed E-state index contributed by atoms with van der Waals surface area (Å²) in [4.78, 5) is 0. The zero-order valence-electron chi connectivity index (χ0n) is 11.4. The van der Waals surface area contributed by atoms with Crippen molar-refractivity contribution in [2.75, 3.05) is 27.2 Å². The van der Waals surface area contributed by atoms with E-state index in [4.69, 9.17) is 16.3 Å². The Labute approximate surface area is 114 Å². The highest BCUT2D eigenvalue weighted by molar-refractivity contribution is 6.32. The van der Waals surface area contributed by atoms with Crippen molar-refractivity contribution >= 4 is 11.6 Å². The molecule has 1 aliphatic rings. The molecule has 100 valence electrons. The summed E-state index contributed by atoms with van der Waals surface area (Å²) < 4.78 is 5.54. The van der Waals surface area contributed by atoms with Gasteiger partial charge < -0.3 is 15.4 Å². The molecule has 0 amide bonds. The molecular weight excluding hydrogens is 248 g/mol. The molecule has 4 heteroatoms. The maximum atomic E-state index is 6.38. The summed E-state index contributed by atoms with van der Waals surface area (Å²) in [5, 5.41) is 7.56. The van der Waals surface area contributed by atoms with E-state index < -0.39 is 0 Å². The lowest BCUT2D eigenvalue weighted by atomic mass is 9.85. The van der Waals surface area contributed by atoms with E-state index in [1.165, 1.54) is 5.56 Å². The largest absolute Gasteiger partial charge is 0.496 e. The Balaban J connectivity index is 2.49. The Morgan fingerprint density at radius 3 is 2.56 bits per heavy atom. The molecule has 1 aromatic carbocycles. The van der Waals surface area contributed by atoms with Crippen molar-refractivity contribution in [1.82, 2.24) is 10.6 Å². The third-order valence-electron chi connectivity index (χ3n) is 3.82. The molecule has 0 spiro atoms. The molecule has 0 aromatic heterocycles. The van der Waals surface area contributed by atoms with Gasteiger partial charge in [0.05, 0.1) is 7.11 Å². The summed E-state index contributed by atoms with van der Waals surface area (Å²) in [5.41, 5.74) is 3.39. The molecule has 2 rings (SSSR count). The highest BCUT2D eigenvalue weighted by Crippen LogP contribution is 2.38. The van der Waals surface area contributed by atoms with Crippen LogP contribution in [-0.2, 0) is 0 Å². The van der Waals surface area contributed by atoms with E-state index >= 15 is 0 Å². The maximum Gasteiger partial charge on any atom is 0.124 e. The predicted molar refractivity (Wildman–Crippen MR) is 75.6 cm³/mol. The molecule has 0 saturated carbocycles. The van der Waals surface area contributed by atoms with Crippen LogP contribution in [-0.4, -0.2) is 27.2 Å². The van der Waals surface area contributed by atoms with Crippen LogP contribution < -0.4 is 15.4 Å². The number of ether oxygens (including phenoxy) is 1. The highest BCUT2D eigenvalue weighted by Gasteiger charge is 2.31. The molecule has 1 saturated heterocycles. The van der Waals surface area contributed by atoms with Gasteiger partial charge in [-0.3, -0.25) is 0 Å². The van der Waals surface area contributed by atoms with Crippen molar-refractivity contribution in [3.8, 4) is 5.75 Å². The number of hydrogen-bond acceptors (Lipinski definition) is 3. The van der Waals surface area contributed by atoms with Crippen LogP contribution in [0.3, 0.4) is 0 Å². The van der Waals surface area contributed by atoms with Gasteiger partial charge in [0.15, 0.2) is 0 Å². The molecule has 18 heavy (non-hydrogen) atoms. The van der Waals surface area contributed by atoms with E-state index in [-0.39, 0.29) is 0 Å². The standard InChI is InChI=1S/C14H21ClN2O/c1-8-5-11(18-4)12(9(2)13(8)15)14(16-3)10-6-17-7-10/h5,10,14,16-17H,6-7H2,1-4H3. The lowest BCUT2D eigenvalue weighted by Gasteiger charge is -2.36. The quantitative estimate of drug-likeness (QED) is 0.880. The number of halogens is 1. The molecule has 1 aromatic rings. The fourth-order valence-electron chi connectivity index (χ4n) is 2.65. The van der Waals surface area contributed by atoms with Crippen LogP contribution in [0.2, 0.25) is 5.02 Å². The fourth-order valence-corrected chi connectivity index (χ4v) is 2.81. The van der Waals surface area contributed by atoms with Gasteiger partial charge in [0.25, 0.3) is 0 Å². The number of methoxy groups -OCH3 is 1. The lowest BCUT2D eigenvalue weighted by molar-refractivity contribution is 0.261. The second-order valence-corrected chi connectivity index (χ2v) is 5.31. The molecule has 0 aliphatic carbocycles. The molecule has 1 fully saturated rings.